The van der Waals surface area contributed by atoms with Crippen LogP contribution in [0.4, 0.5) is 5.82 Å². The second-order valence-corrected chi connectivity index (χ2v) is 5.15. The number of anilines is 1. The highest BCUT2D eigenvalue weighted by Crippen LogP contribution is 2.27. The fraction of sp³-hybridized carbons (Fsp3) is 0.667. The molecule has 0 radical (unpaired) electrons. The molecule has 0 spiro atoms. The van der Waals surface area contributed by atoms with Gasteiger partial charge in [-0.3, -0.25) is 0 Å². The molecule has 94 valence electrons. The molecule has 0 N–H and O–H groups in total. The lowest BCUT2D eigenvalue weighted by Crippen LogP contribution is -2.47. The first-order valence-electron chi connectivity index (χ1n) is 5.84. The molecule has 1 fully saturated rings. The molecule has 5 heteroatoms. The molecule has 0 bridgehead atoms. The minimum Gasteiger partial charge on any atom is -0.377 e. The molecular formula is C12H18ClN3O. The Labute approximate surface area is 107 Å². The molecule has 17 heavy (non-hydrogen) atoms. The quantitative estimate of drug-likeness (QED) is 0.761. The van der Waals surface area contributed by atoms with Crippen LogP contribution < -0.4 is 4.90 Å². The van der Waals surface area contributed by atoms with Crippen molar-refractivity contribution in [1.29, 1.82) is 0 Å². The third kappa shape index (κ3) is 2.87. The molecule has 0 saturated carbocycles. The Bertz CT molecular complexity index is 392. The van der Waals surface area contributed by atoms with Gasteiger partial charge in [-0.25, -0.2) is 9.97 Å². The Kier molecular flexibility index (Phi) is 3.54. The average Bonchev–Trinajstić information content (AvgIpc) is 2.28. The predicted molar refractivity (Wildman–Crippen MR) is 68.6 cm³/mol. The molecule has 0 aliphatic carbocycles. The van der Waals surface area contributed by atoms with E-state index < -0.39 is 0 Å². The zero-order chi connectivity index (χ0) is 12.5. The van der Waals surface area contributed by atoms with E-state index in [0.29, 0.717) is 5.28 Å². The van der Waals surface area contributed by atoms with Crippen molar-refractivity contribution in [2.75, 3.05) is 25.1 Å². The van der Waals surface area contributed by atoms with Gasteiger partial charge in [-0.15, -0.1) is 0 Å². The Morgan fingerprint density at radius 1 is 1.47 bits per heavy atom. The van der Waals surface area contributed by atoms with Crippen LogP contribution in [0.3, 0.4) is 0 Å². The zero-order valence-corrected chi connectivity index (χ0v) is 11.3. The van der Waals surface area contributed by atoms with E-state index in [9.17, 15) is 0 Å². The second-order valence-electron chi connectivity index (χ2n) is 4.82. The maximum Gasteiger partial charge on any atom is 0.224 e. The third-order valence-corrected chi connectivity index (χ3v) is 3.46. The lowest BCUT2D eigenvalue weighted by molar-refractivity contribution is -0.00482. The number of halogens is 1. The first-order valence-corrected chi connectivity index (χ1v) is 6.21. The summed E-state index contributed by atoms with van der Waals surface area (Å²) in [5.74, 6) is 0.894. The highest BCUT2D eigenvalue weighted by Gasteiger charge is 2.31. The second kappa shape index (κ2) is 4.78. The Hall–Kier alpha value is -0.870. The van der Waals surface area contributed by atoms with Crippen LogP contribution in [0.1, 0.15) is 25.5 Å². The summed E-state index contributed by atoms with van der Waals surface area (Å²) in [4.78, 5) is 10.6. The van der Waals surface area contributed by atoms with Crippen LogP contribution in [-0.2, 0) is 4.74 Å². The van der Waals surface area contributed by atoms with E-state index in [1.807, 2.05) is 13.0 Å². The summed E-state index contributed by atoms with van der Waals surface area (Å²) in [5.41, 5.74) is 0.800. The number of aromatic nitrogens is 2. The van der Waals surface area contributed by atoms with Crippen LogP contribution in [0.2, 0.25) is 5.28 Å². The number of hydrogen-bond acceptors (Lipinski definition) is 4. The molecule has 1 aliphatic heterocycles. The number of piperidine rings is 1. The topological polar surface area (TPSA) is 38.2 Å². The average molecular weight is 256 g/mol. The lowest BCUT2D eigenvalue weighted by atomic mass is 9.95. The largest absolute Gasteiger partial charge is 0.377 e. The van der Waals surface area contributed by atoms with Crippen molar-refractivity contribution < 1.29 is 4.74 Å². The van der Waals surface area contributed by atoms with Crippen LogP contribution in [0.25, 0.3) is 0 Å². The van der Waals surface area contributed by atoms with Gasteiger partial charge in [-0.05, 0) is 38.3 Å². The summed E-state index contributed by atoms with van der Waals surface area (Å²) < 4.78 is 5.57. The first-order chi connectivity index (χ1) is 8.02. The van der Waals surface area contributed by atoms with Gasteiger partial charge in [0.2, 0.25) is 5.28 Å². The van der Waals surface area contributed by atoms with Crippen molar-refractivity contribution in [3.63, 3.8) is 0 Å². The standard InChI is InChI=1S/C12H18ClN3O/c1-9-7-10(15-11(13)14-9)16-6-4-5-12(2,8-16)17-3/h7H,4-6,8H2,1-3H3. The molecule has 4 nitrogen and oxygen atoms in total. The molecule has 2 rings (SSSR count). The molecule has 0 aromatic carbocycles. The number of hydrogen-bond donors (Lipinski definition) is 0. The molecule has 1 aromatic rings. The highest BCUT2D eigenvalue weighted by atomic mass is 35.5. The van der Waals surface area contributed by atoms with Gasteiger partial charge in [0.1, 0.15) is 5.82 Å². The minimum absolute atomic E-state index is 0.0937. The van der Waals surface area contributed by atoms with Gasteiger partial charge < -0.3 is 9.64 Å². The molecule has 1 aromatic heterocycles. The normalized spacial score (nSPS) is 25.1. The summed E-state index contributed by atoms with van der Waals surface area (Å²) in [6.07, 6.45) is 2.18. The van der Waals surface area contributed by atoms with Crippen LogP contribution in [0.15, 0.2) is 6.07 Å². The van der Waals surface area contributed by atoms with Crippen LogP contribution in [0, 0.1) is 6.92 Å². The van der Waals surface area contributed by atoms with Gasteiger partial charge in [0.15, 0.2) is 0 Å². The molecule has 1 atom stereocenters. The maximum atomic E-state index is 5.89. The Morgan fingerprint density at radius 2 is 2.24 bits per heavy atom. The molecular weight excluding hydrogens is 238 g/mol. The Morgan fingerprint density at radius 3 is 2.88 bits per heavy atom. The molecule has 1 aliphatic rings. The Balaban J connectivity index is 2.21. The van der Waals surface area contributed by atoms with Crippen molar-refractivity contribution in [1.82, 2.24) is 9.97 Å². The van der Waals surface area contributed by atoms with Gasteiger partial charge >= 0.3 is 0 Å². The van der Waals surface area contributed by atoms with Crippen molar-refractivity contribution in [2.24, 2.45) is 0 Å². The van der Waals surface area contributed by atoms with Crippen LogP contribution >= 0.6 is 11.6 Å². The summed E-state index contributed by atoms with van der Waals surface area (Å²) in [6, 6.07) is 1.97. The summed E-state index contributed by atoms with van der Waals surface area (Å²) in [7, 11) is 1.77. The van der Waals surface area contributed by atoms with Gasteiger partial charge in [0.05, 0.1) is 5.60 Å². The number of aryl methyl sites for hydroxylation is 1. The monoisotopic (exact) mass is 255 g/mol. The smallest absolute Gasteiger partial charge is 0.224 e. The first kappa shape index (κ1) is 12.6. The minimum atomic E-state index is -0.0937. The van der Waals surface area contributed by atoms with E-state index in [2.05, 4.69) is 21.8 Å². The number of methoxy groups -OCH3 is 1. The SMILES string of the molecule is COC1(C)CCCN(c2cc(C)nc(Cl)n2)C1. The zero-order valence-electron chi connectivity index (χ0n) is 10.5. The van der Waals surface area contributed by atoms with E-state index in [1.165, 1.54) is 0 Å². The van der Waals surface area contributed by atoms with Crippen molar-refractivity contribution in [3.8, 4) is 0 Å². The summed E-state index contributed by atoms with van der Waals surface area (Å²) in [5, 5.41) is 0.310. The van der Waals surface area contributed by atoms with Crippen LogP contribution in [0.5, 0.6) is 0 Å². The fourth-order valence-corrected chi connectivity index (χ4v) is 2.47. The third-order valence-electron chi connectivity index (χ3n) is 3.29. The van der Waals surface area contributed by atoms with Gasteiger partial charge in [-0.2, -0.15) is 0 Å². The van der Waals surface area contributed by atoms with Gasteiger partial charge in [-0.1, -0.05) is 0 Å². The van der Waals surface area contributed by atoms with Crippen molar-refractivity contribution >= 4 is 17.4 Å². The van der Waals surface area contributed by atoms with Gasteiger partial charge in [0, 0.05) is 32.0 Å². The number of rotatable bonds is 2. The van der Waals surface area contributed by atoms with Crippen molar-refractivity contribution in [2.45, 2.75) is 32.3 Å². The predicted octanol–water partition coefficient (Wildman–Crippen LogP) is 2.44. The highest BCUT2D eigenvalue weighted by molar-refractivity contribution is 6.28. The molecule has 0 amide bonds. The van der Waals surface area contributed by atoms with Crippen LogP contribution in [-0.4, -0.2) is 35.8 Å². The van der Waals surface area contributed by atoms with E-state index in [4.69, 9.17) is 16.3 Å². The molecule has 2 heterocycles. The fourth-order valence-electron chi connectivity index (χ4n) is 2.25. The number of nitrogens with zero attached hydrogens (tertiary/aromatic N) is 3. The van der Waals surface area contributed by atoms with E-state index >= 15 is 0 Å². The lowest BCUT2D eigenvalue weighted by Gasteiger charge is -2.40. The van der Waals surface area contributed by atoms with Gasteiger partial charge in [0.25, 0.3) is 0 Å². The summed E-state index contributed by atoms with van der Waals surface area (Å²) in [6.45, 7) is 5.90. The van der Waals surface area contributed by atoms with Crippen molar-refractivity contribution in [3.05, 3.63) is 17.0 Å². The van der Waals surface area contributed by atoms with E-state index in [1.54, 1.807) is 7.11 Å². The maximum absolute atomic E-state index is 5.89. The van der Waals surface area contributed by atoms with E-state index in [-0.39, 0.29) is 5.60 Å². The van der Waals surface area contributed by atoms with E-state index in [0.717, 1.165) is 37.4 Å². The summed E-state index contributed by atoms with van der Waals surface area (Å²) >= 11 is 5.89. The molecule has 1 unspecified atom stereocenters. The number of ether oxygens (including phenoxy) is 1. The molecule has 1 saturated heterocycles.